The Morgan fingerprint density at radius 3 is 2.30 bits per heavy atom. The van der Waals surface area contributed by atoms with E-state index in [2.05, 4.69) is 6.92 Å². The number of nitrogens with zero attached hydrogens (tertiary/aromatic N) is 1. The Morgan fingerprint density at radius 1 is 1.70 bits per heavy atom. The lowest BCUT2D eigenvalue weighted by Gasteiger charge is -2.19. The molecule has 0 saturated heterocycles. The smallest absolute Gasteiger partial charge is 0.0934 e. The minimum atomic E-state index is -0.762. The first-order valence-corrected chi connectivity index (χ1v) is 3.09. The molecule has 0 fully saturated rings. The van der Waals surface area contributed by atoms with Crippen LogP contribution in [0, 0.1) is 6.92 Å². The van der Waals surface area contributed by atoms with Crippen LogP contribution in [0.5, 0.6) is 0 Å². The lowest BCUT2D eigenvalue weighted by atomic mass is 10.2. The van der Waals surface area contributed by atoms with E-state index in [1.165, 1.54) is 6.08 Å². The Kier molecular flexibility index (Phi) is 4.07. The van der Waals surface area contributed by atoms with E-state index in [0.717, 1.165) is 0 Å². The van der Waals surface area contributed by atoms with Crippen molar-refractivity contribution in [3.63, 3.8) is 0 Å². The van der Waals surface area contributed by atoms with Gasteiger partial charge in [0.1, 0.15) is 0 Å². The zero-order valence-electron chi connectivity index (χ0n) is 6.41. The SMILES string of the molecule is [CH2]C(O)C(=CCO)N(C)C. The van der Waals surface area contributed by atoms with Crippen LogP contribution in [-0.4, -0.2) is 41.9 Å². The standard InChI is InChI=1S/C7H14NO2/c1-6(10)7(4-5-9)8(2)3/h4,6,9-10H,1,5H2,2-3H3. The average Bonchev–Trinajstić information content (AvgIpc) is 1.81. The predicted octanol–water partition coefficient (Wildman–Crippen LogP) is -0.381. The molecular formula is C7H14NO2. The first-order chi connectivity index (χ1) is 4.59. The summed E-state index contributed by atoms with van der Waals surface area (Å²) in [5.74, 6) is 0. The van der Waals surface area contributed by atoms with Crippen molar-refractivity contribution in [3.05, 3.63) is 18.7 Å². The molecular weight excluding hydrogens is 130 g/mol. The molecule has 0 bridgehead atoms. The van der Waals surface area contributed by atoms with Crippen molar-refractivity contribution >= 4 is 0 Å². The van der Waals surface area contributed by atoms with Gasteiger partial charge in [0.25, 0.3) is 0 Å². The molecule has 0 aliphatic carbocycles. The van der Waals surface area contributed by atoms with Crippen molar-refractivity contribution in [1.82, 2.24) is 4.90 Å². The van der Waals surface area contributed by atoms with Crippen molar-refractivity contribution in [2.45, 2.75) is 6.10 Å². The van der Waals surface area contributed by atoms with Gasteiger partial charge >= 0.3 is 0 Å². The first kappa shape index (κ1) is 9.46. The molecule has 0 aliphatic rings. The van der Waals surface area contributed by atoms with Gasteiger partial charge in [-0.25, -0.2) is 0 Å². The highest BCUT2D eigenvalue weighted by Crippen LogP contribution is 2.02. The van der Waals surface area contributed by atoms with Crippen LogP contribution in [0.25, 0.3) is 0 Å². The normalized spacial score (nSPS) is 15.1. The number of likely N-dealkylation sites (N-methyl/N-ethyl adjacent to an activating group) is 1. The van der Waals surface area contributed by atoms with E-state index < -0.39 is 6.10 Å². The fraction of sp³-hybridized carbons (Fsp3) is 0.571. The summed E-state index contributed by atoms with van der Waals surface area (Å²) in [5, 5.41) is 17.5. The maximum atomic E-state index is 8.98. The van der Waals surface area contributed by atoms with Gasteiger partial charge in [0.05, 0.1) is 12.7 Å². The van der Waals surface area contributed by atoms with E-state index in [9.17, 15) is 0 Å². The molecule has 0 aliphatic heterocycles. The van der Waals surface area contributed by atoms with Gasteiger partial charge in [0.2, 0.25) is 0 Å². The average molecular weight is 144 g/mol. The van der Waals surface area contributed by atoms with E-state index in [-0.39, 0.29) is 6.61 Å². The van der Waals surface area contributed by atoms with Gasteiger partial charge < -0.3 is 15.1 Å². The summed E-state index contributed by atoms with van der Waals surface area (Å²) in [7, 11) is 3.58. The van der Waals surface area contributed by atoms with Crippen molar-refractivity contribution < 1.29 is 10.2 Å². The van der Waals surface area contributed by atoms with Gasteiger partial charge in [-0.2, -0.15) is 0 Å². The maximum absolute atomic E-state index is 8.98. The molecule has 0 aromatic carbocycles. The van der Waals surface area contributed by atoms with E-state index in [1.54, 1.807) is 19.0 Å². The Morgan fingerprint density at radius 2 is 2.20 bits per heavy atom. The summed E-state index contributed by atoms with van der Waals surface area (Å²) in [6.45, 7) is 3.34. The van der Waals surface area contributed by atoms with E-state index >= 15 is 0 Å². The quantitative estimate of drug-likeness (QED) is 0.567. The molecule has 0 aromatic rings. The number of aliphatic hydroxyl groups is 2. The molecule has 59 valence electrons. The summed E-state index contributed by atoms with van der Waals surface area (Å²) < 4.78 is 0. The summed E-state index contributed by atoms with van der Waals surface area (Å²) in [4.78, 5) is 1.72. The van der Waals surface area contributed by atoms with Crippen LogP contribution < -0.4 is 0 Å². The van der Waals surface area contributed by atoms with Crippen LogP contribution in [0.15, 0.2) is 11.8 Å². The van der Waals surface area contributed by atoms with Crippen LogP contribution in [0.1, 0.15) is 0 Å². The molecule has 1 unspecified atom stereocenters. The third-order valence-electron chi connectivity index (χ3n) is 1.16. The van der Waals surface area contributed by atoms with Crippen molar-refractivity contribution in [2.24, 2.45) is 0 Å². The zero-order chi connectivity index (χ0) is 8.15. The summed E-state index contributed by atoms with van der Waals surface area (Å²) in [6.07, 6.45) is 0.764. The highest BCUT2D eigenvalue weighted by atomic mass is 16.3. The lowest BCUT2D eigenvalue weighted by Crippen LogP contribution is -2.21. The Hall–Kier alpha value is -0.540. The van der Waals surface area contributed by atoms with Gasteiger partial charge in [-0.3, -0.25) is 0 Å². The van der Waals surface area contributed by atoms with Gasteiger partial charge in [0.15, 0.2) is 0 Å². The van der Waals surface area contributed by atoms with Crippen LogP contribution in [0.2, 0.25) is 0 Å². The highest BCUT2D eigenvalue weighted by Gasteiger charge is 2.04. The molecule has 2 N–H and O–H groups in total. The monoisotopic (exact) mass is 144 g/mol. The molecule has 0 saturated carbocycles. The Labute approximate surface area is 61.6 Å². The fourth-order valence-electron chi connectivity index (χ4n) is 0.710. The Bertz CT molecular complexity index is 109. The van der Waals surface area contributed by atoms with Crippen LogP contribution in [0.3, 0.4) is 0 Å². The number of aliphatic hydroxyl groups excluding tert-OH is 2. The largest absolute Gasteiger partial charge is 0.392 e. The second-order valence-corrected chi connectivity index (χ2v) is 2.22. The molecule has 1 radical (unpaired) electrons. The minimum Gasteiger partial charge on any atom is -0.392 e. The van der Waals surface area contributed by atoms with Crippen molar-refractivity contribution in [3.8, 4) is 0 Å². The maximum Gasteiger partial charge on any atom is 0.0934 e. The number of hydrogen-bond donors (Lipinski definition) is 2. The van der Waals surface area contributed by atoms with Gasteiger partial charge in [-0.05, 0) is 13.0 Å². The molecule has 3 nitrogen and oxygen atoms in total. The second kappa shape index (κ2) is 4.30. The van der Waals surface area contributed by atoms with Gasteiger partial charge in [-0.1, -0.05) is 0 Å². The second-order valence-electron chi connectivity index (χ2n) is 2.22. The fourth-order valence-corrected chi connectivity index (χ4v) is 0.710. The number of hydrogen-bond acceptors (Lipinski definition) is 3. The van der Waals surface area contributed by atoms with E-state index in [1.807, 2.05) is 0 Å². The molecule has 0 amide bonds. The molecule has 3 heteroatoms. The third kappa shape index (κ3) is 2.85. The predicted molar refractivity (Wildman–Crippen MR) is 40.2 cm³/mol. The first-order valence-electron chi connectivity index (χ1n) is 3.09. The summed E-state index contributed by atoms with van der Waals surface area (Å²) in [6, 6.07) is 0. The summed E-state index contributed by atoms with van der Waals surface area (Å²) in [5.41, 5.74) is 0.627. The molecule has 0 spiro atoms. The molecule has 0 rings (SSSR count). The van der Waals surface area contributed by atoms with Crippen molar-refractivity contribution in [1.29, 1.82) is 0 Å². The minimum absolute atomic E-state index is 0.0694. The van der Waals surface area contributed by atoms with Gasteiger partial charge in [0, 0.05) is 19.8 Å². The molecule has 0 heterocycles. The highest BCUT2D eigenvalue weighted by molar-refractivity contribution is 5.06. The van der Waals surface area contributed by atoms with Crippen LogP contribution in [-0.2, 0) is 0 Å². The van der Waals surface area contributed by atoms with E-state index in [0.29, 0.717) is 5.70 Å². The van der Waals surface area contributed by atoms with Gasteiger partial charge in [-0.15, -0.1) is 0 Å². The summed E-state index contributed by atoms with van der Waals surface area (Å²) >= 11 is 0. The topological polar surface area (TPSA) is 43.7 Å². The van der Waals surface area contributed by atoms with Crippen LogP contribution in [0.4, 0.5) is 0 Å². The van der Waals surface area contributed by atoms with Crippen molar-refractivity contribution in [2.75, 3.05) is 20.7 Å². The zero-order valence-corrected chi connectivity index (χ0v) is 6.41. The third-order valence-corrected chi connectivity index (χ3v) is 1.16. The molecule has 10 heavy (non-hydrogen) atoms. The Balaban J connectivity index is 4.12. The number of rotatable bonds is 3. The van der Waals surface area contributed by atoms with Crippen LogP contribution >= 0.6 is 0 Å². The van der Waals surface area contributed by atoms with E-state index in [4.69, 9.17) is 10.2 Å². The molecule has 0 aromatic heterocycles. The lowest BCUT2D eigenvalue weighted by molar-refractivity contribution is 0.218. The molecule has 1 atom stereocenters.